The highest BCUT2D eigenvalue weighted by molar-refractivity contribution is 5.27. The summed E-state index contributed by atoms with van der Waals surface area (Å²) < 4.78 is 10.7. The maximum absolute atomic E-state index is 5.66. The lowest BCUT2D eigenvalue weighted by Crippen LogP contribution is -2.36. The molecule has 6 heteroatoms. The third-order valence-corrected chi connectivity index (χ3v) is 3.79. The van der Waals surface area contributed by atoms with Crippen molar-refractivity contribution in [2.45, 2.75) is 39.0 Å². The Hall–Kier alpha value is -1.14. The molecule has 1 saturated heterocycles. The van der Waals surface area contributed by atoms with Crippen molar-refractivity contribution < 1.29 is 9.26 Å². The van der Waals surface area contributed by atoms with Crippen LogP contribution in [-0.2, 0) is 11.2 Å². The van der Waals surface area contributed by atoms with E-state index < -0.39 is 0 Å². The second kappa shape index (κ2) is 8.21. The van der Waals surface area contributed by atoms with Gasteiger partial charge in [-0.05, 0) is 30.5 Å². The summed E-state index contributed by atoms with van der Waals surface area (Å²) in [5, 5.41) is 4.07. The van der Waals surface area contributed by atoms with Crippen LogP contribution in [0.25, 0.3) is 0 Å². The number of ether oxygens (including phenoxy) is 1. The molecule has 6 nitrogen and oxygen atoms in total. The summed E-state index contributed by atoms with van der Waals surface area (Å²) in [6, 6.07) is 0. The summed E-state index contributed by atoms with van der Waals surface area (Å²) in [4.78, 5) is 6.60. The van der Waals surface area contributed by atoms with Gasteiger partial charge in [-0.1, -0.05) is 19.8 Å². The molecule has 0 radical (unpaired) electrons. The van der Waals surface area contributed by atoms with Crippen LogP contribution in [0.4, 0.5) is 5.95 Å². The largest absolute Gasteiger partial charge is 0.378 e. The quantitative estimate of drug-likeness (QED) is 0.780. The van der Waals surface area contributed by atoms with Gasteiger partial charge in [-0.2, -0.15) is 4.98 Å². The molecule has 0 spiro atoms. The highest BCUT2D eigenvalue weighted by Crippen LogP contribution is 2.19. The van der Waals surface area contributed by atoms with Crippen LogP contribution in [0.3, 0.4) is 0 Å². The molecule has 1 fully saturated rings. The summed E-state index contributed by atoms with van der Waals surface area (Å²) in [5.41, 5.74) is 5.66. The van der Waals surface area contributed by atoms with Gasteiger partial charge in [0.05, 0.1) is 13.2 Å². The van der Waals surface area contributed by atoms with E-state index in [1.807, 2.05) is 0 Å². The van der Waals surface area contributed by atoms with Crippen LogP contribution in [0.5, 0.6) is 0 Å². The van der Waals surface area contributed by atoms with E-state index in [0.717, 1.165) is 58.0 Å². The molecule has 0 aliphatic carbocycles. The Labute approximate surface area is 120 Å². The maximum Gasteiger partial charge on any atom is 0.266 e. The van der Waals surface area contributed by atoms with Crippen molar-refractivity contribution in [1.29, 1.82) is 0 Å². The molecule has 0 aromatic carbocycles. The minimum Gasteiger partial charge on any atom is -0.378 e. The average Bonchev–Trinajstić information content (AvgIpc) is 2.95. The zero-order valence-corrected chi connectivity index (χ0v) is 12.4. The molecule has 1 aliphatic heterocycles. The lowest BCUT2D eigenvalue weighted by molar-refractivity contribution is 0.121. The van der Waals surface area contributed by atoms with Gasteiger partial charge in [0.25, 0.3) is 5.95 Å². The predicted octanol–water partition coefficient (Wildman–Crippen LogP) is 1.60. The van der Waals surface area contributed by atoms with Crippen molar-refractivity contribution in [2.75, 3.05) is 37.7 Å². The van der Waals surface area contributed by atoms with Gasteiger partial charge in [0, 0.05) is 19.5 Å². The number of aromatic nitrogens is 2. The van der Waals surface area contributed by atoms with Crippen LogP contribution >= 0.6 is 0 Å². The smallest absolute Gasteiger partial charge is 0.266 e. The monoisotopic (exact) mass is 282 g/mol. The molecule has 2 rings (SSSR count). The normalized spacial score (nSPS) is 17.4. The molecule has 2 heterocycles. The average molecular weight is 282 g/mol. The number of anilines is 1. The lowest BCUT2D eigenvalue weighted by Gasteiger charge is -2.24. The van der Waals surface area contributed by atoms with Crippen LogP contribution in [-0.4, -0.2) is 43.0 Å². The summed E-state index contributed by atoms with van der Waals surface area (Å²) in [6.07, 6.45) is 5.44. The number of rotatable bonds is 8. The lowest BCUT2D eigenvalue weighted by atomic mass is 9.94. The number of morpholine rings is 1. The van der Waals surface area contributed by atoms with E-state index in [2.05, 4.69) is 22.0 Å². The SMILES string of the molecule is CCCC(CCN)CCc1nc(N2CCOCC2)no1. The fraction of sp³-hybridized carbons (Fsp3) is 0.857. The van der Waals surface area contributed by atoms with Crippen molar-refractivity contribution >= 4 is 5.95 Å². The summed E-state index contributed by atoms with van der Waals surface area (Å²) >= 11 is 0. The molecule has 114 valence electrons. The van der Waals surface area contributed by atoms with Crippen LogP contribution in [0.2, 0.25) is 0 Å². The fourth-order valence-electron chi connectivity index (χ4n) is 2.64. The predicted molar refractivity (Wildman–Crippen MR) is 77.7 cm³/mol. The van der Waals surface area contributed by atoms with Gasteiger partial charge in [0.2, 0.25) is 5.89 Å². The van der Waals surface area contributed by atoms with E-state index in [1.54, 1.807) is 0 Å². The van der Waals surface area contributed by atoms with Crippen molar-refractivity contribution in [3.63, 3.8) is 0 Å². The molecular formula is C14H26N4O2. The Bertz CT molecular complexity index is 371. The first-order valence-electron chi connectivity index (χ1n) is 7.68. The molecule has 1 aliphatic rings. The third-order valence-electron chi connectivity index (χ3n) is 3.79. The highest BCUT2D eigenvalue weighted by Gasteiger charge is 2.17. The first kappa shape index (κ1) is 15.3. The van der Waals surface area contributed by atoms with Crippen molar-refractivity contribution in [3.05, 3.63) is 5.89 Å². The molecule has 20 heavy (non-hydrogen) atoms. The van der Waals surface area contributed by atoms with E-state index in [1.165, 1.54) is 12.8 Å². The number of hydrogen-bond acceptors (Lipinski definition) is 6. The Kier molecular flexibility index (Phi) is 6.26. The second-order valence-electron chi connectivity index (χ2n) is 5.36. The van der Waals surface area contributed by atoms with Crippen LogP contribution in [0.1, 0.15) is 38.5 Å². The Morgan fingerprint density at radius 2 is 2.05 bits per heavy atom. The maximum atomic E-state index is 5.66. The van der Waals surface area contributed by atoms with Gasteiger partial charge in [0.1, 0.15) is 0 Å². The zero-order valence-electron chi connectivity index (χ0n) is 12.4. The number of hydrogen-bond donors (Lipinski definition) is 1. The standard InChI is InChI=1S/C14H26N4O2/c1-2-3-12(6-7-15)4-5-13-16-14(17-20-13)18-8-10-19-11-9-18/h12H,2-11,15H2,1H3. The first-order chi connectivity index (χ1) is 9.83. The van der Waals surface area contributed by atoms with Gasteiger partial charge in [-0.25, -0.2) is 0 Å². The van der Waals surface area contributed by atoms with Crippen LogP contribution in [0.15, 0.2) is 4.52 Å². The Morgan fingerprint density at radius 3 is 2.75 bits per heavy atom. The fourth-order valence-corrected chi connectivity index (χ4v) is 2.64. The summed E-state index contributed by atoms with van der Waals surface area (Å²) in [6.45, 7) is 6.12. The number of nitrogens with two attached hydrogens (primary N) is 1. The van der Waals surface area contributed by atoms with Gasteiger partial charge in [-0.15, -0.1) is 0 Å². The van der Waals surface area contributed by atoms with Crippen molar-refractivity contribution in [3.8, 4) is 0 Å². The van der Waals surface area contributed by atoms with Crippen LogP contribution in [0, 0.1) is 5.92 Å². The zero-order chi connectivity index (χ0) is 14.2. The molecule has 0 bridgehead atoms. The van der Waals surface area contributed by atoms with E-state index in [9.17, 15) is 0 Å². The van der Waals surface area contributed by atoms with Gasteiger partial charge >= 0.3 is 0 Å². The van der Waals surface area contributed by atoms with Crippen molar-refractivity contribution in [2.24, 2.45) is 11.7 Å². The second-order valence-corrected chi connectivity index (χ2v) is 5.36. The highest BCUT2D eigenvalue weighted by atomic mass is 16.5. The molecule has 0 amide bonds. The summed E-state index contributed by atoms with van der Waals surface area (Å²) in [7, 11) is 0. The minimum absolute atomic E-state index is 0.670. The van der Waals surface area contributed by atoms with Gasteiger partial charge in [0.15, 0.2) is 0 Å². The molecule has 1 aromatic rings. The topological polar surface area (TPSA) is 77.4 Å². The van der Waals surface area contributed by atoms with Gasteiger partial charge in [-0.3, -0.25) is 0 Å². The molecule has 1 atom stereocenters. The van der Waals surface area contributed by atoms with E-state index >= 15 is 0 Å². The number of aryl methyl sites for hydroxylation is 1. The third kappa shape index (κ3) is 4.45. The summed E-state index contributed by atoms with van der Waals surface area (Å²) in [5.74, 6) is 2.11. The molecule has 1 aromatic heterocycles. The molecule has 2 N–H and O–H groups in total. The first-order valence-corrected chi connectivity index (χ1v) is 7.68. The minimum atomic E-state index is 0.670. The van der Waals surface area contributed by atoms with E-state index in [0.29, 0.717) is 11.9 Å². The van der Waals surface area contributed by atoms with E-state index in [-0.39, 0.29) is 0 Å². The van der Waals surface area contributed by atoms with E-state index in [4.69, 9.17) is 15.0 Å². The van der Waals surface area contributed by atoms with Crippen molar-refractivity contribution in [1.82, 2.24) is 10.1 Å². The van der Waals surface area contributed by atoms with Crippen LogP contribution < -0.4 is 10.6 Å². The van der Waals surface area contributed by atoms with Gasteiger partial charge < -0.3 is 19.9 Å². The molecule has 1 unspecified atom stereocenters. The number of nitrogens with zero attached hydrogens (tertiary/aromatic N) is 3. The Morgan fingerprint density at radius 1 is 1.25 bits per heavy atom. The molecular weight excluding hydrogens is 256 g/mol. The Balaban J connectivity index is 1.82. The molecule has 0 saturated carbocycles.